The standard InChI is InChI=1S/C9H16FO/c1-2-3-4-6-9(11)7-5-8-10/h1-8H2. The summed E-state index contributed by atoms with van der Waals surface area (Å²) in [5.41, 5.74) is 0. The molecular weight excluding hydrogens is 143 g/mol. The molecule has 0 rings (SSSR count). The van der Waals surface area contributed by atoms with Crippen LogP contribution in [0.15, 0.2) is 0 Å². The van der Waals surface area contributed by atoms with E-state index in [9.17, 15) is 9.18 Å². The Labute approximate surface area is 68.0 Å². The SMILES string of the molecule is [CH2]CCCCC(=O)CCCF. The van der Waals surface area contributed by atoms with Crippen LogP contribution in [0, 0.1) is 6.92 Å². The normalized spacial score (nSPS) is 10.0. The van der Waals surface area contributed by atoms with Crippen molar-refractivity contribution < 1.29 is 9.18 Å². The van der Waals surface area contributed by atoms with Crippen molar-refractivity contribution in [1.82, 2.24) is 0 Å². The zero-order valence-electron chi connectivity index (χ0n) is 6.94. The van der Waals surface area contributed by atoms with E-state index >= 15 is 0 Å². The molecule has 0 saturated carbocycles. The Balaban J connectivity index is 3.09. The van der Waals surface area contributed by atoms with E-state index in [2.05, 4.69) is 6.92 Å². The van der Waals surface area contributed by atoms with E-state index in [1.54, 1.807) is 0 Å². The van der Waals surface area contributed by atoms with E-state index in [0.717, 1.165) is 19.3 Å². The number of unbranched alkanes of at least 4 members (excludes halogenated alkanes) is 2. The van der Waals surface area contributed by atoms with Gasteiger partial charge in [-0.3, -0.25) is 9.18 Å². The summed E-state index contributed by atoms with van der Waals surface area (Å²) in [6, 6.07) is 0. The second-order valence-electron chi connectivity index (χ2n) is 2.64. The minimum Gasteiger partial charge on any atom is -0.300 e. The molecule has 0 N–H and O–H groups in total. The third kappa shape index (κ3) is 7.50. The molecule has 0 heterocycles. The average molecular weight is 159 g/mol. The number of ketones is 1. The number of hydrogen-bond acceptors (Lipinski definition) is 1. The van der Waals surface area contributed by atoms with Crippen LogP contribution in [0.1, 0.15) is 38.5 Å². The second-order valence-corrected chi connectivity index (χ2v) is 2.64. The first-order valence-electron chi connectivity index (χ1n) is 4.18. The van der Waals surface area contributed by atoms with Gasteiger partial charge in [0.15, 0.2) is 0 Å². The predicted octanol–water partition coefficient (Wildman–Crippen LogP) is 2.70. The number of rotatable bonds is 7. The molecule has 1 radical (unpaired) electrons. The van der Waals surface area contributed by atoms with Crippen molar-refractivity contribution >= 4 is 5.78 Å². The lowest BCUT2D eigenvalue weighted by molar-refractivity contribution is -0.119. The highest BCUT2D eigenvalue weighted by Crippen LogP contribution is 2.03. The Kier molecular flexibility index (Phi) is 7.42. The molecule has 0 aliphatic carbocycles. The summed E-state index contributed by atoms with van der Waals surface area (Å²) in [7, 11) is 0. The van der Waals surface area contributed by atoms with Gasteiger partial charge in [0.2, 0.25) is 0 Å². The maximum Gasteiger partial charge on any atom is 0.133 e. The van der Waals surface area contributed by atoms with Crippen molar-refractivity contribution in [2.45, 2.75) is 38.5 Å². The maximum absolute atomic E-state index is 11.6. The zero-order valence-corrected chi connectivity index (χ0v) is 6.94. The summed E-state index contributed by atoms with van der Waals surface area (Å²) in [4.78, 5) is 10.9. The molecule has 0 atom stereocenters. The lowest BCUT2D eigenvalue weighted by Gasteiger charge is -1.96. The minimum absolute atomic E-state index is 0.191. The van der Waals surface area contributed by atoms with Crippen LogP contribution in [0.2, 0.25) is 0 Å². The largest absolute Gasteiger partial charge is 0.300 e. The highest BCUT2D eigenvalue weighted by molar-refractivity contribution is 5.78. The fraction of sp³-hybridized carbons (Fsp3) is 0.778. The Morgan fingerprint density at radius 1 is 1.18 bits per heavy atom. The number of carbonyl (C=O) groups excluding carboxylic acids is 1. The Morgan fingerprint density at radius 2 is 1.82 bits per heavy atom. The van der Waals surface area contributed by atoms with E-state index in [1.807, 2.05) is 0 Å². The van der Waals surface area contributed by atoms with Gasteiger partial charge in [0.05, 0.1) is 6.67 Å². The molecule has 0 spiro atoms. The summed E-state index contributed by atoms with van der Waals surface area (Å²) in [6.07, 6.45) is 4.21. The molecule has 1 nitrogen and oxygen atoms in total. The number of alkyl halides is 1. The highest BCUT2D eigenvalue weighted by Gasteiger charge is 1.99. The maximum atomic E-state index is 11.6. The zero-order chi connectivity index (χ0) is 8.53. The summed E-state index contributed by atoms with van der Waals surface area (Å²) < 4.78 is 11.6. The highest BCUT2D eigenvalue weighted by atomic mass is 19.1. The van der Waals surface area contributed by atoms with E-state index in [-0.39, 0.29) is 12.5 Å². The molecule has 2 heteroatoms. The van der Waals surface area contributed by atoms with Gasteiger partial charge in [-0.25, -0.2) is 0 Å². The van der Waals surface area contributed by atoms with Gasteiger partial charge in [0.1, 0.15) is 5.78 Å². The smallest absolute Gasteiger partial charge is 0.133 e. The Hall–Kier alpha value is -0.400. The van der Waals surface area contributed by atoms with Gasteiger partial charge in [-0.1, -0.05) is 19.8 Å². The summed E-state index contributed by atoms with van der Waals surface area (Å²) in [6.45, 7) is 3.30. The average Bonchev–Trinajstić information content (AvgIpc) is 2.01. The summed E-state index contributed by atoms with van der Waals surface area (Å²) >= 11 is 0. The van der Waals surface area contributed by atoms with Gasteiger partial charge in [0, 0.05) is 12.8 Å². The van der Waals surface area contributed by atoms with Gasteiger partial charge in [-0.05, 0) is 12.8 Å². The molecule has 0 aromatic heterocycles. The summed E-state index contributed by atoms with van der Waals surface area (Å²) in [5, 5.41) is 0. The van der Waals surface area contributed by atoms with Crippen LogP contribution < -0.4 is 0 Å². The van der Waals surface area contributed by atoms with Crippen LogP contribution in [-0.2, 0) is 4.79 Å². The third-order valence-corrected chi connectivity index (χ3v) is 1.54. The molecular formula is C9H16FO. The number of Topliss-reactive ketones (excluding diaryl/α,β-unsaturated/α-hetero) is 1. The van der Waals surface area contributed by atoms with Crippen molar-refractivity contribution in [3.05, 3.63) is 6.92 Å². The molecule has 0 fully saturated rings. The van der Waals surface area contributed by atoms with E-state index < -0.39 is 0 Å². The number of hydrogen-bond donors (Lipinski definition) is 0. The Morgan fingerprint density at radius 3 is 2.36 bits per heavy atom. The molecule has 0 unspecified atom stereocenters. The van der Waals surface area contributed by atoms with Crippen molar-refractivity contribution in [3.63, 3.8) is 0 Å². The van der Waals surface area contributed by atoms with Crippen molar-refractivity contribution in [3.8, 4) is 0 Å². The van der Waals surface area contributed by atoms with Gasteiger partial charge in [-0.2, -0.15) is 0 Å². The summed E-state index contributed by atoms with van der Waals surface area (Å²) in [5.74, 6) is 0.191. The van der Waals surface area contributed by atoms with E-state index in [0.29, 0.717) is 19.3 Å². The van der Waals surface area contributed by atoms with Crippen LogP contribution >= 0.6 is 0 Å². The third-order valence-electron chi connectivity index (χ3n) is 1.54. The lowest BCUT2D eigenvalue weighted by Crippen LogP contribution is -1.97. The van der Waals surface area contributed by atoms with Crippen molar-refractivity contribution in [2.24, 2.45) is 0 Å². The molecule has 0 aliphatic heterocycles. The van der Waals surface area contributed by atoms with Crippen molar-refractivity contribution in [2.75, 3.05) is 6.67 Å². The Bertz CT molecular complexity index is 102. The first-order valence-corrected chi connectivity index (χ1v) is 4.18. The molecule has 0 aliphatic rings. The minimum atomic E-state index is -0.374. The van der Waals surface area contributed by atoms with Crippen molar-refractivity contribution in [1.29, 1.82) is 0 Å². The molecule has 11 heavy (non-hydrogen) atoms. The van der Waals surface area contributed by atoms with Gasteiger partial charge in [-0.15, -0.1) is 0 Å². The van der Waals surface area contributed by atoms with Gasteiger partial charge in [0.25, 0.3) is 0 Å². The second kappa shape index (κ2) is 7.70. The van der Waals surface area contributed by atoms with Crippen LogP contribution in [0.25, 0.3) is 0 Å². The number of halogens is 1. The molecule has 0 amide bonds. The first kappa shape index (κ1) is 10.6. The molecule has 0 aromatic rings. The van der Waals surface area contributed by atoms with Gasteiger partial charge >= 0.3 is 0 Å². The van der Waals surface area contributed by atoms with E-state index in [4.69, 9.17) is 0 Å². The first-order chi connectivity index (χ1) is 5.31. The van der Waals surface area contributed by atoms with Crippen LogP contribution in [0.5, 0.6) is 0 Å². The fourth-order valence-corrected chi connectivity index (χ4v) is 0.888. The van der Waals surface area contributed by atoms with Crippen LogP contribution in [0.3, 0.4) is 0 Å². The lowest BCUT2D eigenvalue weighted by atomic mass is 10.1. The molecule has 0 bridgehead atoms. The molecule has 0 aromatic carbocycles. The molecule has 0 saturated heterocycles. The van der Waals surface area contributed by atoms with Crippen LogP contribution in [-0.4, -0.2) is 12.5 Å². The predicted molar refractivity (Wildman–Crippen MR) is 44.0 cm³/mol. The van der Waals surface area contributed by atoms with E-state index in [1.165, 1.54) is 0 Å². The topological polar surface area (TPSA) is 17.1 Å². The monoisotopic (exact) mass is 159 g/mol. The van der Waals surface area contributed by atoms with Crippen LogP contribution in [0.4, 0.5) is 4.39 Å². The molecule has 65 valence electrons. The quantitative estimate of drug-likeness (QED) is 0.522. The number of carbonyl (C=O) groups is 1. The fourth-order valence-electron chi connectivity index (χ4n) is 0.888. The van der Waals surface area contributed by atoms with Gasteiger partial charge < -0.3 is 0 Å².